The third-order valence-corrected chi connectivity index (χ3v) is 14.3. The normalized spacial score (nSPS) is 26.1. The lowest BCUT2D eigenvalue weighted by molar-refractivity contribution is -0.158. The van der Waals surface area contributed by atoms with Crippen LogP contribution in [0.1, 0.15) is 143 Å². The number of phenolic OH excluding ortho intramolecular Hbond substituents is 2. The number of likely N-dealkylation sites (tertiary alicyclic amines) is 2. The number of Topliss-reactive ketones (excluding diaryl/α,β-unsaturated/α-hetero) is 1. The van der Waals surface area contributed by atoms with Crippen LogP contribution in [0.15, 0.2) is 45.9 Å². The number of benzene rings is 2. The number of allylic oxidation sites excluding steroid dienone is 5. The van der Waals surface area contributed by atoms with Crippen molar-refractivity contribution < 1.29 is 53.8 Å². The van der Waals surface area contributed by atoms with E-state index in [1.54, 1.807) is 46.1 Å². The number of hydrogen-bond acceptors (Lipinski definition) is 15. The molecule has 7 atom stereocenters. The molecule has 0 aromatic heterocycles. The Balaban J connectivity index is 0.00000107. The lowest BCUT2D eigenvalue weighted by atomic mass is 9.80. The molecule has 4 heterocycles. The van der Waals surface area contributed by atoms with Crippen molar-refractivity contribution in [3.05, 3.63) is 57.8 Å². The fraction of sp³-hybridized carbons (Fsp3) is 0.655. The van der Waals surface area contributed by atoms with Crippen molar-refractivity contribution in [3.8, 4) is 17.2 Å². The van der Waals surface area contributed by atoms with Crippen molar-refractivity contribution in [2.45, 2.75) is 158 Å². The van der Waals surface area contributed by atoms with Crippen molar-refractivity contribution in [1.29, 1.82) is 0 Å². The molecule has 2 aromatic rings. The Morgan fingerprint density at radius 1 is 0.986 bits per heavy atom. The van der Waals surface area contributed by atoms with Gasteiger partial charge in [0.2, 0.25) is 0 Å². The first-order valence-corrected chi connectivity index (χ1v) is 27.0. The number of aldehydes is 1. The van der Waals surface area contributed by atoms with E-state index in [-0.39, 0.29) is 93.5 Å². The number of esters is 1. The summed E-state index contributed by atoms with van der Waals surface area (Å²) in [5.41, 5.74) is 0.299. The molecule has 0 aliphatic carbocycles. The predicted molar refractivity (Wildman–Crippen MR) is 292 cm³/mol. The number of anilines is 1. The summed E-state index contributed by atoms with van der Waals surface area (Å²) in [4.78, 5) is 66.8. The molecule has 2 bridgehead atoms. The van der Waals surface area contributed by atoms with Crippen LogP contribution in [0.4, 0.5) is 5.69 Å². The van der Waals surface area contributed by atoms with Gasteiger partial charge in [-0.15, -0.1) is 0 Å². The van der Waals surface area contributed by atoms with Crippen LogP contribution in [0.5, 0.6) is 17.2 Å². The molecule has 1 unspecified atom stereocenters. The smallest absolute Gasteiger partial charge is 0.306 e. The van der Waals surface area contributed by atoms with E-state index in [1.807, 2.05) is 53.7 Å². The van der Waals surface area contributed by atoms with Crippen LogP contribution >= 0.6 is 0 Å². The summed E-state index contributed by atoms with van der Waals surface area (Å²) < 4.78 is 17.3. The zero-order chi connectivity index (χ0) is 55.4. The molecule has 4 aliphatic heterocycles. The molecule has 2 aromatic carbocycles. The molecule has 1 spiro atoms. The number of phenols is 2. The fourth-order valence-electron chi connectivity index (χ4n) is 10.3. The van der Waals surface area contributed by atoms with Crippen LogP contribution < -0.4 is 20.8 Å². The van der Waals surface area contributed by atoms with Gasteiger partial charge in [-0.25, -0.2) is 4.99 Å². The first-order chi connectivity index (χ1) is 35.3. The Bertz CT molecular complexity index is 2410. The van der Waals surface area contributed by atoms with E-state index < -0.39 is 41.4 Å². The van der Waals surface area contributed by atoms with Crippen LogP contribution in [0.3, 0.4) is 0 Å². The number of amides is 1. The van der Waals surface area contributed by atoms with Crippen molar-refractivity contribution in [1.82, 2.24) is 9.80 Å². The van der Waals surface area contributed by atoms with Crippen LogP contribution in [-0.2, 0) is 23.9 Å². The van der Waals surface area contributed by atoms with E-state index in [1.165, 1.54) is 13.0 Å². The number of aromatic hydroxyl groups is 2. The highest BCUT2D eigenvalue weighted by atomic mass is 16.5. The molecule has 414 valence electrons. The number of unbranched alkanes of at least 4 members (excludes halogenated alkanes) is 1. The van der Waals surface area contributed by atoms with Gasteiger partial charge in [0, 0.05) is 101 Å². The number of carbonyl (C=O) groups excluding carboxylic acids is 4. The average Bonchev–Trinajstić information content (AvgIpc) is 3.98. The van der Waals surface area contributed by atoms with Crippen molar-refractivity contribution in [2.75, 3.05) is 65.9 Å². The van der Waals surface area contributed by atoms with E-state index in [2.05, 4.69) is 41.0 Å². The second-order valence-electron chi connectivity index (χ2n) is 20.7. The maximum absolute atomic E-state index is 14.7. The maximum Gasteiger partial charge on any atom is 0.306 e. The molecule has 1 amide bonds. The van der Waals surface area contributed by atoms with E-state index >= 15 is 0 Å². The van der Waals surface area contributed by atoms with Crippen molar-refractivity contribution >= 4 is 40.4 Å². The number of piperidine rings is 1. The third kappa shape index (κ3) is 16.5. The molecular formula is C58H91N5O11. The number of rotatable bonds is 10. The van der Waals surface area contributed by atoms with Gasteiger partial charge in [-0.1, -0.05) is 85.8 Å². The molecule has 16 heteroatoms. The molecule has 0 radical (unpaired) electrons. The molecule has 74 heavy (non-hydrogen) atoms. The van der Waals surface area contributed by atoms with Crippen molar-refractivity contribution in [2.24, 2.45) is 39.6 Å². The Labute approximate surface area is 441 Å². The second-order valence-corrected chi connectivity index (χ2v) is 20.7. The van der Waals surface area contributed by atoms with E-state index in [0.29, 0.717) is 55.4 Å². The summed E-state index contributed by atoms with van der Waals surface area (Å²) in [5, 5.41) is 46.6. The number of likely N-dealkylation sites (N-methyl/N-ethyl adjacent to an activating group) is 1. The number of aliphatic hydroxyl groups excluding tert-OH is 2. The number of nitrogens with zero attached hydrogens (tertiary/aromatic N) is 4. The van der Waals surface area contributed by atoms with E-state index in [4.69, 9.17) is 24.3 Å². The van der Waals surface area contributed by atoms with E-state index in [9.17, 15) is 34.5 Å². The van der Waals surface area contributed by atoms with Gasteiger partial charge in [0.15, 0.2) is 11.5 Å². The zero-order valence-corrected chi connectivity index (χ0v) is 47.1. The summed E-state index contributed by atoms with van der Waals surface area (Å²) in [6.45, 7) is 26.2. The Hall–Kier alpha value is -5.00. The van der Waals surface area contributed by atoms with Gasteiger partial charge in [0.1, 0.15) is 40.3 Å². The Kier molecular flexibility index (Phi) is 26.1. The summed E-state index contributed by atoms with van der Waals surface area (Å²) >= 11 is 0. The number of nitrogens with one attached hydrogen (secondary N) is 1. The minimum Gasteiger partial charge on any atom is -0.507 e. The van der Waals surface area contributed by atoms with Crippen LogP contribution in [-0.4, -0.2) is 139 Å². The minimum absolute atomic E-state index is 0.00888. The van der Waals surface area contributed by atoms with Gasteiger partial charge < -0.3 is 54.5 Å². The summed E-state index contributed by atoms with van der Waals surface area (Å²) in [7, 11) is 4.91. The largest absolute Gasteiger partial charge is 0.507 e. The highest BCUT2D eigenvalue weighted by Crippen LogP contribution is 2.47. The number of aliphatic hydroxyl groups is 2. The quantitative estimate of drug-likeness (QED) is 0.0498. The molecule has 2 saturated heterocycles. The van der Waals surface area contributed by atoms with Gasteiger partial charge >= 0.3 is 5.97 Å². The van der Waals surface area contributed by atoms with E-state index in [0.717, 1.165) is 39.6 Å². The van der Waals surface area contributed by atoms with Crippen molar-refractivity contribution in [3.63, 3.8) is 0 Å². The third-order valence-electron chi connectivity index (χ3n) is 14.3. The summed E-state index contributed by atoms with van der Waals surface area (Å²) in [6.07, 6.45) is 12.9. The SMILES string of the molecule is CC.CCOc1c(C)c(O)c2c(O)c3c4c(c2c1C(=O)C/C=C/C[C@@H](C)[C@@H](OC(=O)CCCC=O)[C@H](C)[C@H](O)[C@H](C)C[C@@H](C)/C=C/C=C(/C)C(=O)N=3)NC1(CCN(CC(C)C)CC1)N=4.CO.COC1CCN(C)C1. The molecule has 16 nitrogen and oxygen atoms in total. The van der Waals surface area contributed by atoms with Gasteiger partial charge in [-0.05, 0) is 77.2 Å². The predicted octanol–water partition coefficient (Wildman–Crippen LogP) is 8.18. The highest BCUT2D eigenvalue weighted by Gasteiger charge is 2.41. The molecule has 6 rings (SSSR count). The number of ketones is 1. The standard InChI is InChI=1S/C49H68N4O9.C6H13NO.C2H6.CH4O/c1-10-61-47-34(9)44(58)39-38-37(47)35(55)19-12-11-17-30(5)46(62-36(56)20-13-14-25-54)33(8)43(57)32(7)26-29(4)16-15-18-31(6)48(60)50-42(45(39)59)41-40(38)51-49(52-41)21-23-53(24-22-49)27-28(2)3;1-7-4-3-6(5-7)8-2;2*1-2/h11-12,15-16,18,25,28-30,32-33,43,46,51,57-59H,10,13-14,17,19-24,26-27H2,1-9H3;6H,3-5H2,1-2H3;1-2H3;2H,1H3/b12-11+,16-15+,31-18-,50-42?;;;/t29-,30+,32+,33+,43+,46+;;;/m0.../s1. The van der Waals surface area contributed by atoms with Gasteiger partial charge in [-0.2, -0.15) is 0 Å². The van der Waals surface area contributed by atoms with Gasteiger partial charge in [0.05, 0.1) is 35.5 Å². The maximum atomic E-state index is 14.7. The average molecular weight is 1030 g/mol. The first-order valence-electron chi connectivity index (χ1n) is 27.0. The summed E-state index contributed by atoms with van der Waals surface area (Å²) in [5.74, 6) is -2.33. The molecule has 0 saturated carbocycles. The number of ether oxygens (including phenoxy) is 3. The molecular weight excluding hydrogens is 943 g/mol. The minimum atomic E-state index is -0.812. The highest BCUT2D eigenvalue weighted by molar-refractivity contribution is 6.18. The second kappa shape index (κ2) is 30.5. The number of methoxy groups -OCH3 is 1. The Morgan fingerprint density at radius 3 is 2.24 bits per heavy atom. The monoisotopic (exact) mass is 1030 g/mol. The summed E-state index contributed by atoms with van der Waals surface area (Å²) in [6, 6.07) is 0. The Morgan fingerprint density at radius 2 is 1.66 bits per heavy atom. The van der Waals surface area contributed by atoms with Gasteiger partial charge in [-0.3, -0.25) is 19.4 Å². The zero-order valence-electron chi connectivity index (χ0n) is 47.1. The molecule has 2 fully saturated rings. The van der Waals surface area contributed by atoms with Gasteiger partial charge in [0.25, 0.3) is 5.91 Å². The lowest BCUT2D eigenvalue weighted by Crippen LogP contribution is -2.47. The lowest BCUT2D eigenvalue weighted by Gasteiger charge is -2.38. The topological polar surface area (TPSA) is 220 Å². The molecule has 4 aliphatic rings. The van der Waals surface area contributed by atoms with Crippen LogP contribution in [0.2, 0.25) is 0 Å². The van der Waals surface area contributed by atoms with Crippen LogP contribution in [0.25, 0.3) is 10.8 Å². The van der Waals surface area contributed by atoms with Crippen LogP contribution in [0, 0.1) is 36.5 Å². The first kappa shape index (κ1) is 63.3. The molecule has 5 N–H and O–H groups in total. The number of hydrogen-bond donors (Lipinski definition) is 5. The fourth-order valence-corrected chi connectivity index (χ4v) is 10.3. The number of carbonyl (C=O) groups is 4.